The summed E-state index contributed by atoms with van der Waals surface area (Å²) in [5, 5.41) is 0.631. The van der Waals surface area contributed by atoms with Crippen molar-refractivity contribution in [3.05, 3.63) is 70.8 Å². The second-order valence-corrected chi connectivity index (χ2v) is 7.65. The molecule has 0 spiro atoms. The topological polar surface area (TPSA) is 54.5 Å². The highest BCUT2D eigenvalue weighted by molar-refractivity contribution is 7.89. The van der Waals surface area contributed by atoms with E-state index in [0.29, 0.717) is 10.6 Å². The Bertz CT molecular complexity index is 823. The number of benzene rings is 2. The van der Waals surface area contributed by atoms with Crippen LogP contribution in [0, 0.1) is 0 Å². The lowest BCUT2D eigenvalue weighted by Gasteiger charge is -2.11. The van der Waals surface area contributed by atoms with Crippen LogP contribution in [0.15, 0.2) is 59.5 Å². The van der Waals surface area contributed by atoms with Crippen LogP contribution >= 0.6 is 11.6 Å². The van der Waals surface area contributed by atoms with Crippen molar-refractivity contribution in [2.75, 3.05) is 14.1 Å². The van der Waals surface area contributed by atoms with Crippen LogP contribution in [0.5, 0.6) is 0 Å². The Hall–Kier alpha value is -1.95. The van der Waals surface area contributed by atoms with Crippen LogP contribution in [-0.2, 0) is 10.0 Å². The van der Waals surface area contributed by atoms with Gasteiger partial charge >= 0.3 is 0 Å². The molecule has 2 rings (SSSR count). The van der Waals surface area contributed by atoms with Gasteiger partial charge in [0.2, 0.25) is 10.0 Å². The quantitative estimate of drug-likeness (QED) is 0.613. The maximum Gasteiger partial charge on any atom is 0.242 e. The number of hydrogen-bond acceptors (Lipinski definition) is 3. The number of halogens is 1. The van der Waals surface area contributed by atoms with E-state index in [1.54, 1.807) is 30.3 Å². The molecular weight excluding hydrogens is 334 g/mol. The average Bonchev–Trinajstić information content (AvgIpc) is 2.54. The monoisotopic (exact) mass is 349 g/mol. The molecule has 0 N–H and O–H groups in total. The molecule has 0 atom stereocenters. The van der Waals surface area contributed by atoms with Gasteiger partial charge in [-0.1, -0.05) is 29.8 Å². The van der Waals surface area contributed by atoms with E-state index in [4.69, 9.17) is 11.6 Å². The molecule has 0 unspecified atom stereocenters. The van der Waals surface area contributed by atoms with Gasteiger partial charge in [0, 0.05) is 24.7 Å². The van der Waals surface area contributed by atoms with Crippen LogP contribution in [0.25, 0.3) is 6.08 Å². The molecule has 6 heteroatoms. The largest absolute Gasteiger partial charge is 0.289 e. The van der Waals surface area contributed by atoms with Crippen molar-refractivity contribution >= 4 is 33.5 Å². The van der Waals surface area contributed by atoms with Gasteiger partial charge in [-0.15, -0.1) is 0 Å². The third kappa shape index (κ3) is 4.28. The molecule has 0 amide bonds. The van der Waals surface area contributed by atoms with Crippen LogP contribution in [0.2, 0.25) is 5.02 Å². The highest BCUT2D eigenvalue weighted by atomic mass is 35.5. The number of carbonyl (C=O) groups is 1. The zero-order valence-electron chi connectivity index (χ0n) is 12.7. The number of rotatable bonds is 5. The SMILES string of the molecule is CN(C)S(=O)(=O)c1ccc(C(=O)/C=C/c2ccc(Cl)cc2)cc1. The Morgan fingerprint density at radius 3 is 2.09 bits per heavy atom. The first-order valence-electron chi connectivity index (χ1n) is 6.81. The summed E-state index contributed by atoms with van der Waals surface area (Å²) in [7, 11) is -0.564. The van der Waals surface area contributed by atoms with E-state index in [1.807, 2.05) is 0 Å². The Balaban J connectivity index is 2.16. The minimum Gasteiger partial charge on any atom is -0.289 e. The van der Waals surface area contributed by atoms with Gasteiger partial charge in [-0.05, 0) is 48.0 Å². The van der Waals surface area contributed by atoms with E-state index in [2.05, 4.69) is 0 Å². The first-order valence-corrected chi connectivity index (χ1v) is 8.63. The maximum absolute atomic E-state index is 12.1. The summed E-state index contributed by atoms with van der Waals surface area (Å²) in [5.74, 6) is -0.200. The number of ketones is 1. The predicted molar refractivity (Wildman–Crippen MR) is 92.1 cm³/mol. The molecule has 0 radical (unpaired) electrons. The molecule has 4 nitrogen and oxygen atoms in total. The van der Waals surface area contributed by atoms with Gasteiger partial charge in [-0.2, -0.15) is 0 Å². The van der Waals surface area contributed by atoms with E-state index in [9.17, 15) is 13.2 Å². The predicted octanol–water partition coefficient (Wildman–Crippen LogP) is 3.49. The fraction of sp³-hybridized carbons (Fsp3) is 0.118. The highest BCUT2D eigenvalue weighted by Gasteiger charge is 2.17. The van der Waals surface area contributed by atoms with Crippen molar-refractivity contribution in [3.8, 4) is 0 Å². The van der Waals surface area contributed by atoms with E-state index in [0.717, 1.165) is 9.87 Å². The van der Waals surface area contributed by atoms with E-state index in [1.165, 1.54) is 44.4 Å². The summed E-state index contributed by atoms with van der Waals surface area (Å²) < 4.78 is 25.1. The Morgan fingerprint density at radius 2 is 1.57 bits per heavy atom. The smallest absolute Gasteiger partial charge is 0.242 e. The standard InChI is InChI=1S/C17H16ClNO3S/c1-19(2)23(21,22)16-10-6-14(7-11-16)17(20)12-5-13-3-8-15(18)9-4-13/h3-12H,1-2H3/b12-5+. The summed E-state index contributed by atoms with van der Waals surface area (Å²) in [6, 6.07) is 13.0. The van der Waals surface area contributed by atoms with Gasteiger partial charge in [-0.25, -0.2) is 12.7 Å². The average molecular weight is 350 g/mol. The lowest BCUT2D eigenvalue weighted by Crippen LogP contribution is -2.22. The molecule has 23 heavy (non-hydrogen) atoms. The molecular formula is C17H16ClNO3S. The minimum atomic E-state index is -3.49. The van der Waals surface area contributed by atoms with Crippen LogP contribution in [-0.4, -0.2) is 32.6 Å². The molecule has 120 valence electrons. The zero-order chi connectivity index (χ0) is 17.0. The zero-order valence-corrected chi connectivity index (χ0v) is 14.3. The molecule has 0 heterocycles. The van der Waals surface area contributed by atoms with Gasteiger partial charge in [0.25, 0.3) is 0 Å². The van der Waals surface area contributed by atoms with E-state index in [-0.39, 0.29) is 10.7 Å². The molecule has 0 aliphatic heterocycles. The summed E-state index contributed by atoms with van der Waals surface area (Å²) in [6.07, 6.45) is 3.13. The van der Waals surface area contributed by atoms with Crippen molar-refractivity contribution in [2.24, 2.45) is 0 Å². The summed E-state index contributed by atoms with van der Waals surface area (Å²) in [4.78, 5) is 12.3. The van der Waals surface area contributed by atoms with Crippen molar-refractivity contribution in [1.29, 1.82) is 0 Å². The van der Waals surface area contributed by atoms with Crippen molar-refractivity contribution in [1.82, 2.24) is 4.31 Å². The summed E-state index contributed by atoms with van der Waals surface area (Å²) >= 11 is 5.80. The van der Waals surface area contributed by atoms with Crippen LogP contribution in [0.3, 0.4) is 0 Å². The number of allylic oxidation sites excluding steroid dienone is 1. The molecule has 0 saturated heterocycles. The van der Waals surface area contributed by atoms with Gasteiger partial charge in [0.15, 0.2) is 5.78 Å². The first-order chi connectivity index (χ1) is 10.8. The summed E-state index contributed by atoms with van der Waals surface area (Å²) in [5.41, 5.74) is 1.28. The number of nitrogens with zero attached hydrogens (tertiary/aromatic N) is 1. The number of carbonyl (C=O) groups excluding carboxylic acids is 1. The molecule has 0 bridgehead atoms. The Morgan fingerprint density at radius 1 is 1.00 bits per heavy atom. The Labute approximate surface area is 141 Å². The van der Waals surface area contributed by atoms with Gasteiger partial charge in [-0.3, -0.25) is 4.79 Å². The molecule has 0 aliphatic rings. The Kier molecular flexibility index (Phi) is 5.36. The summed E-state index contributed by atoms with van der Waals surface area (Å²) in [6.45, 7) is 0. The third-order valence-electron chi connectivity index (χ3n) is 3.21. The molecule has 0 saturated carbocycles. The maximum atomic E-state index is 12.1. The second kappa shape index (κ2) is 7.08. The minimum absolute atomic E-state index is 0.153. The van der Waals surface area contributed by atoms with E-state index >= 15 is 0 Å². The molecule has 2 aromatic rings. The lowest BCUT2D eigenvalue weighted by molar-refractivity contribution is 0.104. The lowest BCUT2D eigenvalue weighted by atomic mass is 10.1. The number of hydrogen-bond donors (Lipinski definition) is 0. The van der Waals surface area contributed by atoms with Crippen molar-refractivity contribution in [3.63, 3.8) is 0 Å². The third-order valence-corrected chi connectivity index (χ3v) is 5.30. The first kappa shape index (κ1) is 17.4. The van der Waals surface area contributed by atoms with Crippen LogP contribution < -0.4 is 0 Å². The van der Waals surface area contributed by atoms with Crippen LogP contribution in [0.4, 0.5) is 0 Å². The van der Waals surface area contributed by atoms with Crippen LogP contribution in [0.1, 0.15) is 15.9 Å². The van der Waals surface area contributed by atoms with E-state index < -0.39 is 10.0 Å². The molecule has 0 aliphatic carbocycles. The molecule has 2 aromatic carbocycles. The normalized spacial score (nSPS) is 12.0. The van der Waals surface area contributed by atoms with Gasteiger partial charge in [0.05, 0.1) is 4.90 Å². The van der Waals surface area contributed by atoms with Crippen molar-refractivity contribution in [2.45, 2.75) is 4.90 Å². The second-order valence-electron chi connectivity index (χ2n) is 5.06. The highest BCUT2D eigenvalue weighted by Crippen LogP contribution is 2.15. The van der Waals surface area contributed by atoms with Crippen molar-refractivity contribution < 1.29 is 13.2 Å². The van der Waals surface area contributed by atoms with Gasteiger partial charge < -0.3 is 0 Å². The fourth-order valence-corrected chi connectivity index (χ4v) is 2.87. The fourth-order valence-electron chi connectivity index (χ4n) is 1.84. The van der Waals surface area contributed by atoms with Gasteiger partial charge in [0.1, 0.15) is 0 Å². The molecule has 0 aromatic heterocycles. The molecule has 0 fully saturated rings. The number of sulfonamides is 1.